The summed E-state index contributed by atoms with van der Waals surface area (Å²) in [5, 5.41) is 6.90. The van der Waals surface area contributed by atoms with Crippen molar-refractivity contribution < 1.29 is 0 Å². The lowest BCUT2D eigenvalue weighted by Gasteiger charge is -2.34. The lowest BCUT2D eigenvalue weighted by molar-refractivity contribution is 0.254. The van der Waals surface area contributed by atoms with Gasteiger partial charge in [-0.05, 0) is 64.9 Å². The van der Waals surface area contributed by atoms with E-state index in [9.17, 15) is 0 Å². The van der Waals surface area contributed by atoms with Crippen LogP contribution in [0.4, 0.5) is 5.95 Å². The topological polar surface area (TPSA) is 71.9 Å². The minimum absolute atomic E-state index is 0.853. The van der Waals surface area contributed by atoms with Crippen molar-refractivity contribution in [3.63, 3.8) is 0 Å². The zero-order chi connectivity index (χ0) is 21.6. The van der Waals surface area contributed by atoms with Crippen molar-refractivity contribution in [3.05, 3.63) is 18.5 Å². The largest absolute Gasteiger partial charge is 0.357 e. The van der Waals surface area contributed by atoms with Crippen molar-refractivity contribution in [2.24, 2.45) is 4.99 Å². The minimum atomic E-state index is 0.853. The highest BCUT2D eigenvalue weighted by Crippen LogP contribution is 2.10. The number of nitrogens with zero attached hydrogens (tertiary/aromatic N) is 6. The summed E-state index contributed by atoms with van der Waals surface area (Å²) < 4.78 is 0. The van der Waals surface area contributed by atoms with Gasteiger partial charge in [0.15, 0.2) is 5.96 Å². The number of aromatic nitrogens is 2. The number of rotatable bonds is 10. The molecule has 1 aromatic heterocycles. The molecule has 0 aliphatic carbocycles. The number of hydrogen-bond acceptors (Lipinski definition) is 6. The molecule has 2 fully saturated rings. The molecule has 2 aliphatic rings. The van der Waals surface area contributed by atoms with Gasteiger partial charge in [0.25, 0.3) is 0 Å². The number of hydrogen-bond donors (Lipinski definition) is 2. The molecule has 0 spiro atoms. The van der Waals surface area contributed by atoms with Crippen LogP contribution in [0.15, 0.2) is 23.5 Å². The SMILES string of the molecule is CCNC(=NCCCN1CCCCCC1)NCCCN1CCN(c2ncccn2)CC1. The predicted molar refractivity (Wildman–Crippen MR) is 129 cm³/mol. The summed E-state index contributed by atoms with van der Waals surface area (Å²) in [6, 6.07) is 1.87. The van der Waals surface area contributed by atoms with Gasteiger partial charge in [0.1, 0.15) is 0 Å². The van der Waals surface area contributed by atoms with Crippen LogP contribution >= 0.6 is 0 Å². The summed E-state index contributed by atoms with van der Waals surface area (Å²) in [4.78, 5) is 20.9. The third-order valence-electron chi connectivity index (χ3n) is 6.10. The standard InChI is InChI=1S/C23H42N8/c1-2-24-22(25-12-8-16-29-14-5-3-4-6-15-29)26-13-9-17-30-18-20-31(21-19-30)23-27-10-7-11-28-23/h7,10-11H,2-6,8-9,12-21H2,1H3,(H2,24,25,26). The Bertz CT molecular complexity index is 607. The molecule has 174 valence electrons. The highest BCUT2D eigenvalue weighted by atomic mass is 15.3. The van der Waals surface area contributed by atoms with E-state index in [4.69, 9.17) is 4.99 Å². The minimum Gasteiger partial charge on any atom is -0.357 e. The van der Waals surface area contributed by atoms with Crippen LogP contribution in [0.5, 0.6) is 0 Å². The van der Waals surface area contributed by atoms with Crippen LogP contribution in [0.25, 0.3) is 0 Å². The van der Waals surface area contributed by atoms with Crippen molar-refractivity contribution in [3.8, 4) is 0 Å². The Morgan fingerprint density at radius 1 is 0.871 bits per heavy atom. The normalized spacial score (nSPS) is 19.3. The summed E-state index contributed by atoms with van der Waals surface area (Å²) in [5.74, 6) is 1.82. The molecule has 1 aromatic rings. The predicted octanol–water partition coefficient (Wildman–Crippen LogP) is 1.81. The number of guanidine groups is 1. The molecular formula is C23H42N8. The Balaban J connectivity index is 1.27. The lowest BCUT2D eigenvalue weighted by atomic mass is 10.2. The second-order valence-corrected chi connectivity index (χ2v) is 8.53. The third kappa shape index (κ3) is 8.99. The zero-order valence-corrected chi connectivity index (χ0v) is 19.4. The number of piperazine rings is 1. The molecule has 0 bridgehead atoms. The molecule has 3 rings (SSSR count). The van der Waals surface area contributed by atoms with Crippen LogP contribution in [0.3, 0.4) is 0 Å². The van der Waals surface area contributed by atoms with Crippen molar-refractivity contribution in [2.75, 3.05) is 76.9 Å². The molecular weight excluding hydrogens is 388 g/mol. The fraction of sp³-hybridized carbons (Fsp3) is 0.783. The average molecular weight is 431 g/mol. The van der Waals surface area contributed by atoms with E-state index in [0.29, 0.717) is 0 Å². The molecule has 8 heteroatoms. The average Bonchev–Trinajstić information content (AvgIpc) is 3.09. The van der Waals surface area contributed by atoms with E-state index in [1.165, 1.54) is 45.3 Å². The molecule has 0 atom stereocenters. The lowest BCUT2D eigenvalue weighted by Crippen LogP contribution is -2.47. The second kappa shape index (κ2) is 14.2. The maximum atomic E-state index is 4.78. The second-order valence-electron chi connectivity index (χ2n) is 8.53. The molecule has 8 nitrogen and oxygen atoms in total. The monoisotopic (exact) mass is 430 g/mol. The van der Waals surface area contributed by atoms with Gasteiger partial charge in [0.05, 0.1) is 0 Å². The summed E-state index contributed by atoms with van der Waals surface area (Å²) in [5.41, 5.74) is 0. The smallest absolute Gasteiger partial charge is 0.225 e. The highest BCUT2D eigenvalue weighted by molar-refractivity contribution is 5.79. The van der Waals surface area contributed by atoms with E-state index >= 15 is 0 Å². The van der Waals surface area contributed by atoms with E-state index in [2.05, 4.69) is 42.2 Å². The van der Waals surface area contributed by atoms with Crippen molar-refractivity contribution in [1.82, 2.24) is 30.4 Å². The quantitative estimate of drug-likeness (QED) is 0.333. The van der Waals surface area contributed by atoms with Crippen LogP contribution in [0.1, 0.15) is 45.4 Å². The molecule has 3 heterocycles. The van der Waals surface area contributed by atoms with E-state index in [0.717, 1.165) is 77.1 Å². The van der Waals surface area contributed by atoms with Crippen LogP contribution in [-0.2, 0) is 0 Å². The summed E-state index contributed by atoms with van der Waals surface area (Å²) in [6.45, 7) is 13.9. The van der Waals surface area contributed by atoms with Gasteiger partial charge in [-0.25, -0.2) is 9.97 Å². The Kier molecular flexibility index (Phi) is 10.9. The van der Waals surface area contributed by atoms with E-state index < -0.39 is 0 Å². The van der Waals surface area contributed by atoms with E-state index in [1.54, 1.807) is 0 Å². The molecule has 2 aliphatic heterocycles. The van der Waals surface area contributed by atoms with Crippen LogP contribution < -0.4 is 15.5 Å². The number of nitrogens with one attached hydrogen (secondary N) is 2. The van der Waals surface area contributed by atoms with Gasteiger partial charge in [0, 0.05) is 58.2 Å². The molecule has 0 saturated carbocycles. The maximum absolute atomic E-state index is 4.78. The van der Waals surface area contributed by atoms with Crippen LogP contribution in [-0.4, -0.2) is 97.7 Å². The first-order chi connectivity index (χ1) is 15.3. The Labute approximate surface area is 188 Å². The molecule has 0 radical (unpaired) electrons. The van der Waals surface area contributed by atoms with Gasteiger partial charge in [0.2, 0.25) is 5.95 Å². The Morgan fingerprint density at radius 2 is 1.55 bits per heavy atom. The third-order valence-corrected chi connectivity index (χ3v) is 6.10. The van der Waals surface area contributed by atoms with E-state index in [1.807, 2.05) is 18.5 Å². The van der Waals surface area contributed by atoms with Gasteiger partial charge in [-0.3, -0.25) is 9.89 Å². The molecule has 0 unspecified atom stereocenters. The molecule has 2 saturated heterocycles. The first-order valence-corrected chi connectivity index (χ1v) is 12.3. The Hall–Kier alpha value is -1.93. The van der Waals surface area contributed by atoms with Gasteiger partial charge < -0.3 is 20.4 Å². The van der Waals surface area contributed by atoms with Crippen LogP contribution in [0, 0.1) is 0 Å². The first-order valence-electron chi connectivity index (χ1n) is 12.3. The van der Waals surface area contributed by atoms with Crippen molar-refractivity contribution in [1.29, 1.82) is 0 Å². The zero-order valence-electron chi connectivity index (χ0n) is 19.4. The van der Waals surface area contributed by atoms with Gasteiger partial charge in [-0.1, -0.05) is 12.8 Å². The maximum Gasteiger partial charge on any atom is 0.225 e. The number of likely N-dealkylation sites (tertiary alicyclic amines) is 1. The Morgan fingerprint density at radius 3 is 2.26 bits per heavy atom. The summed E-state index contributed by atoms with van der Waals surface area (Å²) in [7, 11) is 0. The molecule has 2 N–H and O–H groups in total. The molecule has 0 amide bonds. The fourth-order valence-electron chi connectivity index (χ4n) is 4.32. The fourth-order valence-corrected chi connectivity index (χ4v) is 4.32. The van der Waals surface area contributed by atoms with Gasteiger partial charge in [-0.15, -0.1) is 0 Å². The number of aliphatic imine (C=N–C) groups is 1. The number of anilines is 1. The van der Waals surface area contributed by atoms with E-state index in [-0.39, 0.29) is 0 Å². The van der Waals surface area contributed by atoms with Crippen molar-refractivity contribution in [2.45, 2.75) is 45.4 Å². The van der Waals surface area contributed by atoms with Gasteiger partial charge in [-0.2, -0.15) is 0 Å². The van der Waals surface area contributed by atoms with Crippen molar-refractivity contribution >= 4 is 11.9 Å². The summed E-state index contributed by atoms with van der Waals surface area (Å²) in [6.07, 6.45) is 11.4. The van der Waals surface area contributed by atoms with Gasteiger partial charge >= 0.3 is 0 Å². The summed E-state index contributed by atoms with van der Waals surface area (Å²) >= 11 is 0. The van der Waals surface area contributed by atoms with Crippen LogP contribution in [0.2, 0.25) is 0 Å². The molecule has 0 aromatic carbocycles. The molecule has 31 heavy (non-hydrogen) atoms. The first kappa shape index (κ1) is 23.7. The highest BCUT2D eigenvalue weighted by Gasteiger charge is 2.18.